The highest BCUT2D eigenvalue weighted by Gasteiger charge is 2.25. The normalized spacial score (nSPS) is 13.1. The Morgan fingerprint density at radius 2 is 0.898 bits per heavy atom. The molecule has 272 valence electrons. The van der Waals surface area contributed by atoms with Crippen LogP contribution in [0.3, 0.4) is 0 Å². The van der Waals surface area contributed by atoms with Gasteiger partial charge in [-0.25, -0.2) is 19.9 Å². The lowest BCUT2D eigenvalue weighted by atomic mass is 9.92. The fourth-order valence-electron chi connectivity index (χ4n) is 4.77. The number of rotatable bonds is 14. The summed E-state index contributed by atoms with van der Waals surface area (Å²) in [6, 6.07) is 4.59. The van der Waals surface area contributed by atoms with E-state index in [9.17, 15) is 0 Å². The van der Waals surface area contributed by atoms with Gasteiger partial charge in [0, 0.05) is 40.8 Å². The Morgan fingerprint density at radius 3 is 1.20 bits per heavy atom. The van der Waals surface area contributed by atoms with Crippen LogP contribution in [0.4, 0.5) is 0 Å². The van der Waals surface area contributed by atoms with Crippen molar-refractivity contribution in [1.82, 2.24) is 29.9 Å². The second kappa shape index (κ2) is 18.1. The highest BCUT2D eigenvalue weighted by atomic mass is 79.9. The number of unbranched alkanes of at least 4 members (excludes halogenated alkanes) is 1. The third kappa shape index (κ3) is 16.9. The first-order valence-electron chi connectivity index (χ1n) is 17.2. The third-order valence-electron chi connectivity index (χ3n) is 6.64. The molecule has 6 nitrogen and oxygen atoms in total. The van der Waals surface area contributed by atoms with E-state index in [0.29, 0.717) is 12.8 Å². The van der Waals surface area contributed by atoms with E-state index in [1.807, 2.05) is 0 Å². The summed E-state index contributed by atoms with van der Waals surface area (Å²) in [5.41, 5.74) is 2.65. The first-order valence-corrected chi connectivity index (χ1v) is 22.0. The monoisotopic (exact) mass is 870 g/mol. The minimum Gasteiger partial charge on any atom is -0.207 e. The molecule has 0 bridgehead atoms. The van der Waals surface area contributed by atoms with Crippen molar-refractivity contribution in [2.24, 2.45) is 5.92 Å². The van der Waals surface area contributed by atoms with Gasteiger partial charge in [0.15, 0.2) is 20.6 Å². The Balaban J connectivity index is 2.04. The van der Waals surface area contributed by atoms with Crippen molar-refractivity contribution in [2.45, 2.75) is 175 Å². The maximum atomic E-state index is 5.04. The number of thioether (sulfide) groups is 4. The van der Waals surface area contributed by atoms with E-state index in [1.54, 1.807) is 47.0 Å². The summed E-state index contributed by atoms with van der Waals surface area (Å²) in [4.78, 5) is 29.9. The number of aryl methyl sites for hydroxylation is 1. The SMILES string of the molecule is CCCCc1c(Br)cc(CCC(Cc2nc(SC(C)(C)C)nc(SC(C)(C)C)n2)Cc2nc(SC(C)(C)C)nc(SC(C)(C)C)n2)cc1Br. The standard InChI is InChI=1S/C37H56Br2N6S4/c1-14-15-16-25-26(38)19-23(20-27(25)39)17-18-24(21-28-40-30(46-34(2,3)4)44-31(41-28)47-35(5,6)7)22-29-42-32(48-36(8,9)10)45-33(43-29)49-37(11,12)13/h19-20,24H,14-18,21-22H2,1-13H3. The minimum absolute atomic E-state index is 0.0150. The molecule has 0 atom stereocenters. The third-order valence-corrected chi connectivity index (χ3v) is 12.0. The van der Waals surface area contributed by atoms with Crippen LogP contribution >= 0.6 is 78.9 Å². The summed E-state index contributed by atoms with van der Waals surface area (Å²) in [5, 5.41) is 3.13. The fraction of sp³-hybridized carbons (Fsp3) is 0.676. The second-order valence-corrected chi connectivity index (χ2v) is 25.3. The van der Waals surface area contributed by atoms with Gasteiger partial charge in [-0.15, -0.1) is 0 Å². The predicted octanol–water partition coefficient (Wildman–Crippen LogP) is 12.5. The fourth-order valence-corrected chi connectivity index (χ4v) is 9.89. The van der Waals surface area contributed by atoms with Crippen molar-refractivity contribution >= 4 is 78.9 Å². The van der Waals surface area contributed by atoms with E-state index < -0.39 is 0 Å². The van der Waals surface area contributed by atoms with Gasteiger partial charge in [-0.05, 0) is 54.9 Å². The molecule has 0 aliphatic rings. The number of aromatic nitrogens is 6. The Hall–Kier alpha value is -0.400. The summed E-state index contributed by atoms with van der Waals surface area (Å²) in [5.74, 6) is 1.87. The highest BCUT2D eigenvalue weighted by molar-refractivity contribution is 9.11. The topological polar surface area (TPSA) is 77.3 Å². The van der Waals surface area contributed by atoms with Crippen LogP contribution in [0.15, 0.2) is 41.7 Å². The number of hydrogen-bond acceptors (Lipinski definition) is 10. The molecule has 0 aliphatic heterocycles. The summed E-state index contributed by atoms with van der Waals surface area (Å²) in [6.45, 7) is 28.6. The summed E-state index contributed by atoms with van der Waals surface area (Å²) in [6.07, 6.45) is 6.70. The van der Waals surface area contributed by atoms with E-state index in [-0.39, 0.29) is 24.9 Å². The van der Waals surface area contributed by atoms with Crippen LogP contribution in [0, 0.1) is 5.92 Å². The van der Waals surface area contributed by atoms with Crippen LogP contribution in [-0.4, -0.2) is 48.9 Å². The zero-order chi connectivity index (χ0) is 36.8. The molecule has 2 heterocycles. The zero-order valence-electron chi connectivity index (χ0n) is 31.8. The minimum atomic E-state index is -0.0150. The number of halogens is 2. The van der Waals surface area contributed by atoms with Gasteiger partial charge in [0.2, 0.25) is 0 Å². The van der Waals surface area contributed by atoms with Crippen molar-refractivity contribution in [3.8, 4) is 0 Å². The van der Waals surface area contributed by atoms with Crippen LogP contribution in [-0.2, 0) is 25.7 Å². The van der Waals surface area contributed by atoms with Gasteiger partial charge >= 0.3 is 0 Å². The van der Waals surface area contributed by atoms with Gasteiger partial charge in [-0.2, -0.15) is 9.97 Å². The van der Waals surface area contributed by atoms with Crippen LogP contribution in [0.25, 0.3) is 0 Å². The molecule has 0 spiro atoms. The average molecular weight is 873 g/mol. The van der Waals surface area contributed by atoms with Gasteiger partial charge in [-0.1, -0.05) is 175 Å². The Labute approximate surface area is 330 Å². The van der Waals surface area contributed by atoms with Crippen LogP contribution in [0.5, 0.6) is 0 Å². The summed E-state index contributed by atoms with van der Waals surface area (Å²) in [7, 11) is 0. The quantitative estimate of drug-likeness (QED) is 0.146. The average Bonchev–Trinajstić information content (AvgIpc) is 2.87. The van der Waals surface area contributed by atoms with E-state index in [4.69, 9.17) is 29.9 Å². The zero-order valence-corrected chi connectivity index (χ0v) is 38.2. The van der Waals surface area contributed by atoms with Gasteiger partial charge in [-0.3, -0.25) is 0 Å². The van der Waals surface area contributed by atoms with Crippen LogP contribution < -0.4 is 0 Å². The lowest BCUT2D eigenvalue weighted by Gasteiger charge is -2.22. The van der Waals surface area contributed by atoms with Gasteiger partial charge in [0.05, 0.1) is 0 Å². The molecule has 0 aliphatic carbocycles. The largest absolute Gasteiger partial charge is 0.207 e. The molecule has 12 heteroatoms. The molecule has 0 amide bonds. The van der Waals surface area contributed by atoms with E-state index in [2.05, 4.69) is 134 Å². The van der Waals surface area contributed by atoms with Gasteiger partial charge in [0.1, 0.15) is 11.6 Å². The first kappa shape index (κ1) is 43.0. The number of nitrogens with zero attached hydrogens (tertiary/aromatic N) is 6. The predicted molar refractivity (Wildman–Crippen MR) is 222 cm³/mol. The maximum Gasteiger partial charge on any atom is 0.192 e. The first-order chi connectivity index (χ1) is 22.5. The lowest BCUT2D eigenvalue weighted by Crippen LogP contribution is -2.18. The van der Waals surface area contributed by atoms with Crippen LogP contribution in [0.2, 0.25) is 0 Å². The van der Waals surface area contributed by atoms with E-state index in [1.165, 1.54) is 32.9 Å². The molecule has 3 aromatic rings. The lowest BCUT2D eigenvalue weighted by molar-refractivity contribution is 0.447. The van der Waals surface area contributed by atoms with Gasteiger partial charge < -0.3 is 0 Å². The Morgan fingerprint density at radius 1 is 0.551 bits per heavy atom. The molecule has 0 saturated heterocycles. The van der Waals surface area contributed by atoms with Gasteiger partial charge in [0.25, 0.3) is 0 Å². The second-order valence-electron chi connectivity index (χ2n) is 16.4. The molecule has 0 fully saturated rings. The Kier molecular flexibility index (Phi) is 15.9. The molecule has 0 N–H and O–H groups in total. The number of benzene rings is 1. The Bertz CT molecular complexity index is 1370. The van der Waals surface area contributed by atoms with Crippen molar-refractivity contribution in [2.75, 3.05) is 0 Å². The smallest absolute Gasteiger partial charge is 0.192 e. The molecule has 2 aromatic heterocycles. The van der Waals surface area contributed by atoms with E-state index in [0.717, 1.165) is 51.5 Å². The van der Waals surface area contributed by atoms with Crippen molar-refractivity contribution in [3.05, 3.63) is 43.9 Å². The van der Waals surface area contributed by atoms with Crippen molar-refractivity contribution in [1.29, 1.82) is 0 Å². The molecular formula is C37H56Br2N6S4. The molecule has 49 heavy (non-hydrogen) atoms. The molecular weight excluding hydrogens is 817 g/mol. The van der Waals surface area contributed by atoms with Crippen LogP contribution in [0.1, 0.15) is 132 Å². The molecule has 3 rings (SSSR count). The number of hydrogen-bond donors (Lipinski definition) is 0. The summed E-state index contributed by atoms with van der Waals surface area (Å²) >= 11 is 14.5. The molecule has 0 unspecified atom stereocenters. The maximum absolute atomic E-state index is 5.04. The van der Waals surface area contributed by atoms with Crippen molar-refractivity contribution < 1.29 is 0 Å². The molecule has 1 aromatic carbocycles. The van der Waals surface area contributed by atoms with E-state index >= 15 is 0 Å². The van der Waals surface area contributed by atoms with Crippen molar-refractivity contribution in [3.63, 3.8) is 0 Å². The highest BCUT2D eigenvalue weighted by Crippen LogP contribution is 2.36. The molecule has 0 radical (unpaired) electrons. The molecule has 0 saturated carbocycles. The summed E-state index contributed by atoms with van der Waals surface area (Å²) < 4.78 is 2.30.